The first-order chi connectivity index (χ1) is 15.9. The molecular formula is C24H22N2O5S2. The SMILES string of the molecule is COc1ccc(C(=O)OCc2nc3ccccc3s2)cc1S(=O)(=O)N(C)Cc1ccccc1. The molecule has 0 amide bonds. The van der Waals surface area contributed by atoms with E-state index in [1.807, 2.05) is 54.6 Å². The zero-order valence-electron chi connectivity index (χ0n) is 18.1. The number of aromatic nitrogens is 1. The lowest BCUT2D eigenvalue weighted by Crippen LogP contribution is -2.27. The summed E-state index contributed by atoms with van der Waals surface area (Å²) in [7, 11) is -1.06. The molecule has 0 fully saturated rings. The largest absolute Gasteiger partial charge is 0.495 e. The average molecular weight is 483 g/mol. The number of hydrogen-bond acceptors (Lipinski definition) is 7. The molecular weight excluding hydrogens is 460 g/mol. The first kappa shape index (κ1) is 22.9. The molecule has 1 heterocycles. The van der Waals surface area contributed by atoms with Crippen molar-refractivity contribution in [2.75, 3.05) is 14.2 Å². The highest BCUT2D eigenvalue weighted by molar-refractivity contribution is 7.89. The van der Waals surface area contributed by atoms with Crippen molar-refractivity contribution in [3.8, 4) is 5.75 Å². The number of nitrogens with zero attached hydrogens (tertiary/aromatic N) is 2. The van der Waals surface area contributed by atoms with Crippen molar-refractivity contribution in [3.05, 3.63) is 88.9 Å². The van der Waals surface area contributed by atoms with Gasteiger partial charge in [-0.1, -0.05) is 42.5 Å². The smallest absolute Gasteiger partial charge is 0.338 e. The first-order valence-electron chi connectivity index (χ1n) is 10.1. The number of rotatable bonds is 8. The van der Waals surface area contributed by atoms with Gasteiger partial charge in [0.15, 0.2) is 0 Å². The van der Waals surface area contributed by atoms with E-state index in [1.165, 1.54) is 48.0 Å². The fraction of sp³-hybridized carbons (Fsp3) is 0.167. The fourth-order valence-corrected chi connectivity index (χ4v) is 5.51. The van der Waals surface area contributed by atoms with Gasteiger partial charge in [0, 0.05) is 13.6 Å². The van der Waals surface area contributed by atoms with Crippen LogP contribution in [-0.4, -0.2) is 37.8 Å². The number of esters is 1. The fourth-order valence-electron chi connectivity index (χ4n) is 3.29. The minimum absolute atomic E-state index is 0.000201. The number of para-hydroxylation sites is 1. The highest BCUT2D eigenvalue weighted by atomic mass is 32.2. The van der Waals surface area contributed by atoms with Crippen LogP contribution in [0.4, 0.5) is 0 Å². The summed E-state index contributed by atoms with van der Waals surface area (Å²) >= 11 is 1.44. The number of carbonyl (C=O) groups is 1. The van der Waals surface area contributed by atoms with Crippen molar-refractivity contribution in [2.24, 2.45) is 0 Å². The number of carbonyl (C=O) groups excluding carboxylic acids is 1. The second kappa shape index (κ2) is 9.70. The number of benzene rings is 3. The van der Waals surface area contributed by atoms with E-state index in [2.05, 4.69) is 4.98 Å². The van der Waals surface area contributed by atoms with Crippen LogP contribution in [0.15, 0.2) is 77.7 Å². The molecule has 0 N–H and O–H groups in total. The Morgan fingerprint density at radius 3 is 2.48 bits per heavy atom. The molecule has 4 aromatic rings. The summed E-state index contributed by atoms with van der Waals surface area (Å²) in [6.45, 7) is 0.179. The molecule has 0 saturated heterocycles. The predicted octanol–water partition coefficient (Wildman–Crippen LogP) is 4.48. The number of methoxy groups -OCH3 is 1. The Kier molecular flexibility index (Phi) is 6.73. The Labute approximate surface area is 196 Å². The highest BCUT2D eigenvalue weighted by Gasteiger charge is 2.26. The molecule has 7 nitrogen and oxygen atoms in total. The van der Waals surface area contributed by atoms with Crippen LogP contribution in [0.1, 0.15) is 20.9 Å². The molecule has 0 unspecified atom stereocenters. The molecule has 170 valence electrons. The van der Waals surface area contributed by atoms with Gasteiger partial charge in [-0.2, -0.15) is 4.31 Å². The van der Waals surface area contributed by atoms with Crippen LogP contribution in [0.2, 0.25) is 0 Å². The van der Waals surface area contributed by atoms with Crippen molar-refractivity contribution < 1.29 is 22.7 Å². The van der Waals surface area contributed by atoms with E-state index in [-0.39, 0.29) is 29.4 Å². The summed E-state index contributed by atoms with van der Waals surface area (Å²) in [5.74, 6) is -0.489. The topological polar surface area (TPSA) is 85.8 Å². The summed E-state index contributed by atoms with van der Waals surface area (Å²) in [5.41, 5.74) is 1.80. The zero-order chi connectivity index (χ0) is 23.4. The van der Waals surface area contributed by atoms with Gasteiger partial charge in [0.2, 0.25) is 10.0 Å². The third-order valence-electron chi connectivity index (χ3n) is 5.00. The molecule has 33 heavy (non-hydrogen) atoms. The molecule has 0 aliphatic heterocycles. The Balaban J connectivity index is 1.54. The van der Waals surface area contributed by atoms with Gasteiger partial charge in [0.05, 0.1) is 22.9 Å². The Bertz CT molecular complexity index is 1350. The van der Waals surface area contributed by atoms with Crippen molar-refractivity contribution in [2.45, 2.75) is 18.0 Å². The van der Waals surface area contributed by atoms with Crippen molar-refractivity contribution in [1.29, 1.82) is 0 Å². The van der Waals surface area contributed by atoms with Gasteiger partial charge in [-0.25, -0.2) is 18.2 Å². The Morgan fingerprint density at radius 1 is 1.03 bits per heavy atom. The maximum Gasteiger partial charge on any atom is 0.338 e. The van der Waals surface area contributed by atoms with Crippen LogP contribution >= 0.6 is 11.3 Å². The lowest BCUT2D eigenvalue weighted by Gasteiger charge is -2.19. The van der Waals surface area contributed by atoms with Gasteiger partial charge in [-0.3, -0.25) is 0 Å². The molecule has 0 aliphatic rings. The first-order valence-corrected chi connectivity index (χ1v) is 12.3. The normalized spacial score (nSPS) is 11.6. The molecule has 0 atom stereocenters. The minimum Gasteiger partial charge on any atom is -0.495 e. The standard InChI is InChI=1S/C24H22N2O5S2/c1-26(15-17-8-4-3-5-9-17)33(28,29)22-14-18(12-13-20(22)30-2)24(27)31-16-23-25-19-10-6-7-11-21(19)32-23/h3-14H,15-16H2,1-2H3. The molecule has 4 rings (SSSR count). The summed E-state index contributed by atoms with van der Waals surface area (Å²) in [5, 5.41) is 0.661. The maximum absolute atomic E-state index is 13.3. The van der Waals surface area contributed by atoms with Gasteiger partial charge in [-0.05, 0) is 35.9 Å². The predicted molar refractivity (Wildman–Crippen MR) is 127 cm³/mol. The summed E-state index contributed by atoms with van der Waals surface area (Å²) < 4.78 is 39.4. The zero-order valence-corrected chi connectivity index (χ0v) is 19.7. The maximum atomic E-state index is 13.3. The molecule has 0 aliphatic carbocycles. The lowest BCUT2D eigenvalue weighted by molar-refractivity contribution is 0.0472. The molecule has 9 heteroatoms. The summed E-state index contributed by atoms with van der Waals surface area (Å²) in [6, 6.07) is 21.1. The van der Waals surface area contributed by atoms with Crippen molar-refractivity contribution >= 4 is 37.5 Å². The van der Waals surface area contributed by atoms with E-state index < -0.39 is 16.0 Å². The third-order valence-corrected chi connectivity index (χ3v) is 7.84. The molecule has 0 spiro atoms. The van der Waals surface area contributed by atoms with E-state index in [0.717, 1.165) is 15.8 Å². The molecule has 3 aromatic carbocycles. The van der Waals surface area contributed by atoms with Crippen molar-refractivity contribution in [1.82, 2.24) is 9.29 Å². The average Bonchev–Trinajstić information content (AvgIpc) is 3.25. The van der Waals surface area contributed by atoms with Crippen LogP contribution in [0, 0.1) is 0 Å². The summed E-state index contributed by atoms with van der Waals surface area (Å²) in [6.07, 6.45) is 0. The number of sulfonamides is 1. The van der Waals surface area contributed by atoms with E-state index in [1.54, 1.807) is 0 Å². The van der Waals surface area contributed by atoms with Gasteiger partial charge in [-0.15, -0.1) is 11.3 Å². The van der Waals surface area contributed by atoms with E-state index in [0.29, 0.717) is 5.01 Å². The van der Waals surface area contributed by atoms with Crippen molar-refractivity contribution in [3.63, 3.8) is 0 Å². The van der Waals surface area contributed by atoms with Crippen LogP contribution in [0.3, 0.4) is 0 Å². The molecule has 0 radical (unpaired) electrons. The van der Waals surface area contributed by atoms with Gasteiger partial charge in [0.1, 0.15) is 22.3 Å². The van der Waals surface area contributed by atoms with E-state index in [4.69, 9.17) is 9.47 Å². The van der Waals surface area contributed by atoms with Crippen LogP contribution in [-0.2, 0) is 27.9 Å². The molecule has 0 bridgehead atoms. The van der Waals surface area contributed by atoms with Gasteiger partial charge >= 0.3 is 5.97 Å². The number of thiazole rings is 1. The van der Waals surface area contributed by atoms with E-state index in [9.17, 15) is 13.2 Å². The van der Waals surface area contributed by atoms with Gasteiger partial charge < -0.3 is 9.47 Å². The number of hydrogen-bond donors (Lipinski definition) is 0. The molecule has 1 aromatic heterocycles. The van der Waals surface area contributed by atoms with Crippen LogP contribution < -0.4 is 4.74 Å². The second-order valence-corrected chi connectivity index (χ2v) is 10.4. The van der Waals surface area contributed by atoms with Gasteiger partial charge in [0.25, 0.3) is 0 Å². The third kappa shape index (κ3) is 5.05. The van der Waals surface area contributed by atoms with Crippen LogP contribution in [0.25, 0.3) is 10.2 Å². The lowest BCUT2D eigenvalue weighted by atomic mass is 10.2. The Morgan fingerprint density at radius 2 is 1.76 bits per heavy atom. The quantitative estimate of drug-likeness (QED) is 0.344. The second-order valence-electron chi connectivity index (χ2n) is 7.26. The molecule has 0 saturated carbocycles. The van der Waals surface area contributed by atoms with E-state index >= 15 is 0 Å². The minimum atomic E-state index is -3.93. The monoisotopic (exact) mass is 482 g/mol. The highest BCUT2D eigenvalue weighted by Crippen LogP contribution is 2.29. The number of ether oxygens (including phenoxy) is 2. The Hall–Kier alpha value is -3.27. The van der Waals surface area contributed by atoms with Crippen LogP contribution in [0.5, 0.6) is 5.75 Å². The number of fused-ring (bicyclic) bond motifs is 1. The summed E-state index contributed by atoms with van der Waals surface area (Å²) in [4.78, 5) is 17.0.